The fourth-order valence-electron chi connectivity index (χ4n) is 3.92. The van der Waals surface area contributed by atoms with E-state index in [1.165, 1.54) is 16.9 Å². The summed E-state index contributed by atoms with van der Waals surface area (Å²) in [6.07, 6.45) is 6.61. The smallest absolute Gasteiger partial charge is 0.270 e. The third-order valence-corrected chi connectivity index (χ3v) is 6.40. The Labute approximate surface area is 165 Å². The molecule has 3 nitrogen and oxygen atoms in total. The third-order valence-electron chi connectivity index (χ3n) is 5.54. The number of hydrogen-bond donors (Lipinski definition) is 0. The number of piperidine rings is 1. The number of aryl methyl sites for hydroxylation is 1. The van der Waals surface area contributed by atoms with Crippen molar-refractivity contribution < 1.29 is 4.79 Å². The predicted molar refractivity (Wildman–Crippen MR) is 111 cm³/mol. The quantitative estimate of drug-likeness (QED) is 0.587. The number of likely N-dealkylation sites (tertiary alicyclic amines) is 1. The van der Waals surface area contributed by atoms with Gasteiger partial charge in [-0.25, -0.2) is 0 Å². The highest BCUT2D eigenvalue weighted by Crippen LogP contribution is 2.24. The van der Waals surface area contributed by atoms with E-state index in [2.05, 4.69) is 52.4 Å². The summed E-state index contributed by atoms with van der Waals surface area (Å²) >= 11 is 1.74. The topological polar surface area (TPSA) is 25.2 Å². The summed E-state index contributed by atoms with van der Waals surface area (Å²) in [4.78, 5) is 16.3. The van der Waals surface area contributed by atoms with Crippen molar-refractivity contribution >= 4 is 17.2 Å². The number of carbonyl (C=O) groups excluding carboxylic acids is 1. The standard InChI is InChI=1S/C23H26N2OS/c26-23(22-9-4-14-25(22)18-21-8-5-17-27-21)24-15-12-20(13-16-24)11-10-19-6-2-1-3-7-19/h1-9,14,17,20H,10-13,15-16,18H2. The van der Waals surface area contributed by atoms with Gasteiger partial charge in [0.1, 0.15) is 5.69 Å². The molecule has 0 aliphatic carbocycles. The van der Waals surface area contributed by atoms with Crippen molar-refractivity contribution in [2.45, 2.75) is 32.2 Å². The highest BCUT2D eigenvalue weighted by Gasteiger charge is 2.25. The maximum absolute atomic E-state index is 13.0. The van der Waals surface area contributed by atoms with Crippen molar-refractivity contribution in [3.63, 3.8) is 0 Å². The SMILES string of the molecule is O=C(c1cccn1Cc1cccs1)N1CCC(CCc2ccccc2)CC1. The van der Waals surface area contributed by atoms with Gasteiger partial charge in [0.25, 0.3) is 5.91 Å². The van der Waals surface area contributed by atoms with E-state index < -0.39 is 0 Å². The van der Waals surface area contributed by atoms with Crippen LogP contribution in [0.4, 0.5) is 0 Å². The lowest BCUT2D eigenvalue weighted by Crippen LogP contribution is -2.39. The summed E-state index contributed by atoms with van der Waals surface area (Å²) in [5.74, 6) is 0.908. The first kappa shape index (κ1) is 18.1. The Bertz CT molecular complexity index is 846. The molecule has 1 amide bonds. The monoisotopic (exact) mass is 378 g/mol. The second kappa shape index (κ2) is 8.57. The fraction of sp³-hybridized carbons (Fsp3) is 0.348. The molecule has 0 N–H and O–H groups in total. The predicted octanol–water partition coefficient (Wildman–Crippen LogP) is 5.08. The zero-order valence-corrected chi connectivity index (χ0v) is 16.4. The van der Waals surface area contributed by atoms with Crippen LogP contribution in [0.25, 0.3) is 0 Å². The molecule has 4 rings (SSSR count). The molecule has 1 fully saturated rings. The van der Waals surface area contributed by atoms with E-state index in [1.807, 2.05) is 23.2 Å². The molecule has 1 aliphatic heterocycles. The van der Waals surface area contributed by atoms with E-state index >= 15 is 0 Å². The molecular weight excluding hydrogens is 352 g/mol. The molecule has 1 saturated heterocycles. The number of benzene rings is 1. The van der Waals surface area contributed by atoms with E-state index in [0.717, 1.165) is 50.5 Å². The largest absolute Gasteiger partial charge is 0.338 e. The number of aromatic nitrogens is 1. The molecule has 0 unspecified atom stereocenters. The van der Waals surface area contributed by atoms with Crippen molar-refractivity contribution in [3.8, 4) is 0 Å². The number of thiophene rings is 1. The first-order valence-corrected chi connectivity index (χ1v) is 10.7. The summed E-state index contributed by atoms with van der Waals surface area (Å²) < 4.78 is 2.08. The Kier molecular flexibility index (Phi) is 5.73. The summed E-state index contributed by atoms with van der Waals surface area (Å²) in [7, 11) is 0. The van der Waals surface area contributed by atoms with E-state index in [0.29, 0.717) is 0 Å². The Hall–Kier alpha value is -2.33. The maximum Gasteiger partial charge on any atom is 0.270 e. The van der Waals surface area contributed by atoms with Gasteiger partial charge in [-0.3, -0.25) is 4.79 Å². The lowest BCUT2D eigenvalue weighted by molar-refractivity contribution is 0.0676. The lowest BCUT2D eigenvalue weighted by Gasteiger charge is -2.32. The second-order valence-corrected chi connectivity index (χ2v) is 8.39. The third kappa shape index (κ3) is 4.51. The van der Waals surface area contributed by atoms with Gasteiger partial charge in [-0.05, 0) is 60.7 Å². The van der Waals surface area contributed by atoms with Gasteiger partial charge < -0.3 is 9.47 Å². The van der Waals surface area contributed by atoms with Crippen LogP contribution in [-0.2, 0) is 13.0 Å². The Balaban J connectivity index is 1.31. The van der Waals surface area contributed by atoms with Crippen LogP contribution in [0.2, 0.25) is 0 Å². The van der Waals surface area contributed by atoms with Gasteiger partial charge in [0, 0.05) is 24.2 Å². The van der Waals surface area contributed by atoms with Gasteiger partial charge in [0.15, 0.2) is 0 Å². The van der Waals surface area contributed by atoms with Crippen LogP contribution in [0.1, 0.15) is 40.2 Å². The van der Waals surface area contributed by atoms with Gasteiger partial charge in [-0.15, -0.1) is 11.3 Å². The summed E-state index contributed by atoms with van der Waals surface area (Å²) in [6.45, 7) is 2.53. The number of carbonyl (C=O) groups is 1. The lowest BCUT2D eigenvalue weighted by atomic mass is 9.90. The van der Waals surface area contributed by atoms with Gasteiger partial charge in [-0.1, -0.05) is 36.4 Å². The fourth-order valence-corrected chi connectivity index (χ4v) is 4.62. The minimum Gasteiger partial charge on any atom is -0.338 e. The molecule has 3 aromatic rings. The van der Waals surface area contributed by atoms with Crippen molar-refractivity contribution in [2.75, 3.05) is 13.1 Å². The molecule has 0 saturated carbocycles. The van der Waals surface area contributed by atoms with Crippen LogP contribution in [0.15, 0.2) is 66.2 Å². The van der Waals surface area contributed by atoms with Crippen molar-refractivity contribution in [2.24, 2.45) is 5.92 Å². The van der Waals surface area contributed by atoms with Crippen molar-refractivity contribution in [1.82, 2.24) is 9.47 Å². The molecule has 0 atom stereocenters. The molecule has 2 aromatic heterocycles. The molecule has 0 radical (unpaired) electrons. The molecule has 4 heteroatoms. The van der Waals surface area contributed by atoms with Crippen LogP contribution >= 0.6 is 11.3 Å². The van der Waals surface area contributed by atoms with Crippen LogP contribution in [0, 0.1) is 5.92 Å². The Morgan fingerprint density at radius 3 is 2.56 bits per heavy atom. The number of amides is 1. The average Bonchev–Trinajstić information content (AvgIpc) is 3.40. The summed E-state index contributed by atoms with van der Waals surface area (Å²) in [5, 5.41) is 2.08. The van der Waals surface area contributed by atoms with Gasteiger partial charge >= 0.3 is 0 Å². The zero-order chi connectivity index (χ0) is 18.5. The molecule has 0 bridgehead atoms. The number of nitrogens with zero attached hydrogens (tertiary/aromatic N) is 2. The second-order valence-electron chi connectivity index (χ2n) is 7.36. The molecule has 3 heterocycles. The van der Waals surface area contributed by atoms with E-state index in [9.17, 15) is 4.79 Å². The maximum atomic E-state index is 13.0. The molecule has 0 spiro atoms. The minimum atomic E-state index is 0.179. The van der Waals surface area contributed by atoms with Gasteiger partial charge in [0.2, 0.25) is 0 Å². The van der Waals surface area contributed by atoms with Gasteiger partial charge in [-0.2, -0.15) is 0 Å². The minimum absolute atomic E-state index is 0.179. The van der Waals surface area contributed by atoms with Crippen LogP contribution < -0.4 is 0 Å². The molecule has 140 valence electrons. The van der Waals surface area contributed by atoms with Crippen molar-refractivity contribution in [1.29, 1.82) is 0 Å². The molecule has 1 aliphatic rings. The van der Waals surface area contributed by atoms with E-state index in [-0.39, 0.29) is 5.91 Å². The Morgan fingerprint density at radius 1 is 1.00 bits per heavy atom. The van der Waals surface area contributed by atoms with E-state index in [1.54, 1.807) is 11.3 Å². The number of hydrogen-bond acceptors (Lipinski definition) is 2. The van der Waals surface area contributed by atoms with Crippen LogP contribution in [0.3, 0.4) is 0 Å². The highest BCUT2D eigenvalue weighted by molar-refractivity contribution is 7.09. The molecule has 1 aromatic carbocycles. The van der Waals surface area contributed by atoms with Crippen LogP contribution in [-0.4, -0.2) is 28.5 Å². The summed E-state index contributed by atoms with van der Waals surface area (Å²) in [5.41, 5.74) is 2.23. The normalized spacial score (nSPS) is 15.2. The van der Waals surface area contributed by atoms with E-state index in [4.69, 9.17) is 0 Å². The first-order chi connectivity index (χ1) is 13.3. The first-order valence-electron chi connectivity index (χ1n) is 9.80. The van der Waals surface area contributed by atoms with Crippen molar-refractivity contribution in [3.05, 3.63) is 82.3 Å². The number of rotatable bonds is 6. The Morgan fingerprint density at radius 2 is 1.81 bits per heavy atom. The summed E-state index contributed by atoms with van der Waals surface area (Å²) in [6, 6.07) is 18.8. The van der Waals surface area contributed by atoms with Gasteiger partial charge in [0.05, 0.1) is 6.54 Å². The molecular formula is C23H26N2OS. The zero-order valence-electron chi connectivity index (χ0n) is 15.6. The highest BCUT2D eigenvalue weighted by atomic mass is 32.1. The average molecular weight is 379 g/mol. The molecule has 27 heavy (non-hydrogen) atoms. The van der Waals surface area contributed by atoms with Crippen LogP contribution in [0.5, 0.6) is 0 Å².